The highest BCUT2D eigenvalue weighted by Crippen LogP contribution is 2.17. The number of carboxylic acids is 1. The zero-order valence-corrected chi connectivity index (χ0v) is 12.7. The van der Waals surface area contributed by atoms with Crippen molar-refractivity contribution in [1.29, 1.82) is 0 Å². The van der Waals surface area contributed by atoms with Crippen LogP contribution < -0.4 is 5.32 Å². The lowest BCUT2D eigenvalue weighted by molar-refractivity contribution is -0.155. The van der Waals surface area contributed by atoms with Gasteiger partial charge in [0.05, 0.1) is 11.4 Å². The number of aliphatic hydroxyl groups is 1. The molecule has 0 saturated heterocycles. The van der Waals surface area contributed by atoms with Gasteiger partial charge >= 0.3 is 5.97 Å². The molecule has 0 spiro atoms. The van der Waals surface area contributed by atoms with Crippen molar-refractivity contribution < 1.29 is 28.2 Å². The molecule has 1 aromatic rings. The summed E-state index contributed by atoms with van der Waals surface area (Å²) in [6, 6.07) is 4.13. The highest BCUT2D eigenvalue weighted by Gasteiger charge is 2.30. The van der Waals surface area contributed by atoms with Gasteiger partial charge in [-0.2, -0.15) is 0 Å². The number of amides is 1. The Morgan fingerprint density at radius 1 is 1.33 bits per heavy atom. The molecule has 7 nitrogen and oxygen atoms in total. The number of carbonyl (C=O) groups excluding carboxylic acids is 1. The summed E-state index contributed by atoms with van der Waals surface area (Å²) >= 11 is 0. The smallest absolute Gasteiger partial charge is 0.337 e. The lowest BCUT2D eigenvalue weighted by Gasteiger charge is -2.18. The number of aryl methyl sites for hydroxylation is 1. The average Bonchev–Trinajstić information content (AvgIpc) is 2.35. The first-order valence-corrected chi connectivity index (χ1v) is 7.89. The number of carboxylic acid groups (broad SMARTS) is 1. The van der Waals surface area contributed by atoms with E-state index in [0.717, 1.165) is 13.2 Å². The molecule has 116 valence electrons. The fourth-order valence-corrected chi connectivity index (χ4v) is 2.56. The highest BCUT2D eigenvalue weighted by atomic mass is 32.2. The second-order valence-electron chi connectivity index (χ2n) is 5.01. The molecule has 1 rings (SSSR count). The Bertz CT molecular complexity index is 678. The molecule has 0 fully saturated rings. The number of benzene rings is 1. The fourth-order valence-electron chi connectivity index (χ4n) is 1.57. The molecule has 8 heteroatoms. The second-order valence-corrected chi connectivity index (χ2v) is 7.00. The fraction of sp³-hybridized carbons (Fsp3) is 0.385. The van der Waals surface area contributed by atoms with Gasteiger partial charge in [0.25, 0.3) is 5.91 Å². The molecule has 0 aliphatic heterocycles. The monoisotopic (exact) mass is 315 g/mol. The molecule has 0 bridgehead atoms. The van der Waals surface area contributed by atoms with Gasteiger partial charge < -0.3 is 15.5 Å². The second kappa shape index (κ2) is 5.82. The Labute approximate surface area is 122 Å². The van der Waals surface area contributed by atoms with E-state index >= 15 is 0 Å². The molecule has 0 heterocycles. The van der Waals surface area contributed by atoms with E-state index in [1.54, 1.807) is 6.92 Å². The predicted octanol–water partition coefficient (Wildman–Crippen LogP) is -0.0361. The van der Waals surface area contributed by atoms with Crippen LogP contribution in [-0.4, -0.2) is 48.9 Å². The van der Waals surface area contributed by atoms with E-state index in [1.165, 1.54) is 18.2 Å². The van der Waals surface area contributed by atoms with Crippen LogP contribution >= 0.6 is 0 Å². The van der Waals surface area contributed by atoms with Crippen molar-refractivity contribution in [2.24, 2.45) is 0 Å². The van der Waals surface area contributed by atoms with Crippen LogP contribution in [0.25, 0.3) is 0 Å². The maximum Gasteiger partial charge on any atom is 0.337 e. The predicted molar refractivity (Wildman–Crippen MR) is 74.9 cm³/mol. The molecule has 3 N–H and O–H groups in total. The normalized spacial score (nSPS) is 14.3. The third-order valence-electron chi connectivity index (χ3n) is 2.90. The van der Waals surface area contributed by atoms with Crippen LogP contribution in [0.4, 0.5) is 0 Å². The van der Waals surface area contributed by atoms with E-state index < -0.39 is 33.9 Å². The molecule has 0 radical (unpaired) electrons. The number of carbonyl (C=O) groups is 2. The number of hydrogen-bond acceptors (Lipinski definition) is 5. The Hall–Kier alpha value is -1.93. The maximum atomic E-state index is 11.9. The van der Waals surface area contributed by atoms with Crippen LogP contribution in [0.3, 0.4) is 0 Å². The van der Waals surface area contributed by atoms with Gasteiger partial charge in [0.1, 0.15) is 0 Å². The number of sulfone groups is 1. The first-order valence-electron chi connectivity index (χ1n) is 6.00. The number of rotatable bonds is 5. The van der Waals surface area contributed by atoms with Crippen LogP contribution in [0.5, 0.6) is 0 Å². The Balaban J connectivity index is 2.98. The van der Waals surface area contributed by atoms with Crippen LogP contribution in [0.1, 0.15) is 22.8 Å². The molecule has 21 heavy (non-hydrogen) atoms. The van der Waals surface area contributed by atoms with Crippen molar-refractivity contribution >= 4 is 21.7 Å². The lowest BCUT2D eigenvalue weighted by atomic mass is 10.1. The summed E-state index contributed by atoms with van der Waals surface area (Å²) in [5, 5.41) is 20.5. The van der Waals surface area contributed by atoms with E-state index in [0.29, 0.717) is 5.56 Å². The van der Waals surface area contributed by atoms with Gasteiger partial charge in [-0.25, -0.2) is 13.2 Å². The van der Waals surface area contributed by atoms with Gasteiger partial charge in [-0.15, -0.1) is 0 Å². The Morgan fingerprint density at radius 3 is 2.38 bits per heavy atom. The summed E-state index contributed by atoms with van der Waals surface area (Å²) in [4.78, 5) is 22.6. The lowest BCUT2D eigenvalue weighted by Crippen LogP contribution is -2.46. The Kier molecular flexibility index (Phi) is 4.75. The first-order chi connectivity index (χ1) is 9.45. The zero-order chi connectivity index (χ0) is 16.4. The minimum atomic E-state index is -3.47. The van der Waals surface area contributed by atoms with E-state index in [9.17, 15) is 23.1 Å². The molecule has 0 aromatic heterocycles. The number of aliphatic carboxylic acids is 1. The Morgan fingerprint density at radius 2 is 1.90 bits per heavy atom. The van der Waals surface area contributed by atoms with Gasteiger partial charge in [0.15, 0.2) is 15.4 Å². The molecule has 1 amide bonds. The van der Waals surface area contributed by atoms with E-state index in [-0.39, 0.29) is 10.5 Å². The number of nitrogens with one attached hydrogen (secondary N) is 1. The van der Waals surface area contributed by atoms with Gasteiger partial charge in [-0.05, 0) is 31.5 Å². The first kappa shape index (κ1) is 17.1. The standard InChI is InChI=1S/C13H17NO6S/c1-8-4-5-9(6-10(8)21(3,19)20)11(15)14-7-13(2,18)12(16)17/h4-6,18H,7H2,1-3H3,(H,14,15)(H,16,17). The summed E-state index contributed by atoms with van der Waals surface area (Å²) in [6.07, 6.45) is 1.03. The third-order valence-corrected chi connectivity index (χ3v) is 4.14. The van der Waals surface area contributed by atoms with Crippen LogP contribution in [-0.2, 0) is 14.6 Å². The van der Waals surface area contributed by atoms with Crippen molar-refractivity contribution in [2.75, 3.05) is 12.8 Å². The molecule has 0 saturated carbocycles. The van der Waals surface area contributed by atoms with Crippen molar-refractivity contribution in [3.8, 4) is 0 Å². The SMILES string of the molecule is Cc1ccc(C(=O)NCC(C)(O)C(=O)O)cc1S(C)(=O)=O. The molecule has 0 aliphatic rings. The minimum absolute atomic E-state index is 0.0279. The summed E-state index contributed by atoms with van der Waals surface area (Å²) in [5.74, 6) is -2.13. The third kappa shape index (κ3) is 4.27. The summed E-state index contributed by atoms with van der Waals surface area (Å²) in [7, 11) is -3.47. The quantitative estimate of drug-likeness (QED) is 0.701. The highest BCUT2D eigenvalue weighted by molar-refractivity contribution is 7.90. The molecular formula is C13H17NO6S. The maximum absolute atomic E-state index is 11.9. The van der Waals surface area contributed by atoms with E-state index in [2.05, 4.69) is 5.32 Å². The van der Waals surface area contributed by atoms with Gasteiger partial charge in [-0.1, -0.05) is 6.07 Å². The molecule has 0 aliphatic carbocycles. The van der Waals surface area contributed by atoms with Crippen LogP contribution in [0.15, 0.2) is 23.1 Å². The topological polar surface area (TPSA) is 121 Å². The van der Waals surface area contributed by atoms with Crippen molar-refractivity contribution in [2.45, 2.75) is 24.3 Å². The van der Waals surface area contributed by atoms with E-state index in [1.807, 2.05) is 0 Å². The van der Waals surface area contributed by atoms with Gasteiger partial charge in [0, 0.05) is 11.8 Å². The van der Waals surface area contributed by atoms with Gasteiger partial charge in [-0.3, -0.25) is 4.79 Å². The van der Waals surface area contributed by atoms with Crippen LogP contribution in [0.2, 0.25) is 0 Å². The summed E-state index contributed by atoms with van der Waals surface area (Å²) in [5.41, 5.74) is -1.52. The minimum Gasteiger partial charge on any atom is -0.479 e. The number of hydrogen-bond donors (Lipinski definition) is 3. The molecule has 1 unspecified atom stereocenters. The average molecular weight is 315 g/mol. The molecule has 1 aromatic carbocycles. The molecule has 1 atom stereocenters. The zero-order valence-electron chi connectivity index (χ0n) is 11.9. The molecular weight excluding hydrogens is 298 g/mol. The summed E-state index contributed by atoms with van der Waals surface area (Å²) < 4.78 is 23.2. The van der Waals surface area contributed by atoms with Crippen molar-refractivity contribution in [3.05, 3.63) is 29.3 Å². The summed E-state index contributed by atoms with van der Waals surface area (Å²) in [6.45, 7) is 2.16. The van der Waals surface area contributed by atoms with Crippen LogP contribution in [0, 0.1) is 6.92 Å². The largest absolute Gasteiger partial charge is 0.479 e. The van der Waals surface area contributed by atoms with Crippen molar-refractivity contribution in [1.82, 2.24) is 5.32 Å². The van der Waals surface area contributed by atoms with E-state index in [4.69, 9.17) is 5.11 Å². The van der Waals surface area contributed by atoms with Gasteiger partial charge in [0.2, 0.25) is 0 Å². The van der Waals surface area contributed by atoms with Crippen molar-refractivity contribution in [3.63, 3.8) is 0 Å².